The molecular weight excluding hydrogens is 309 g/mol. The molecule has 0 atom stereocenters. The summed E-state index contributed by atoms with van der Waals surface area (Å²) in [5, 5.41) is 0. The average molecular weight is 330 g/mol. The molecule has 0 N–H and O–H groups in total. The van der Waals surface area contributed by atoms with Crippen molar-refractivity contribution in [3.8, 4) is 5.75 Å². The van der Waals surface area contributed by atoms with E-state index in [4.69, 9.17) is 0 Å². The Labute approximate surface area is 133 Å². The van der Waals surface area contributed by atoms with Crippen LogP contribution in [0.15, 0.2) is 24.3 Å². The Kier molecular flexibility index (Phi) is 5.51. The summed E-state index contributed by atoms with van der Waals surface area (Å²) in [6, 6.07) is 5.76. The molecule has 1 aromatic carbocycles. The van der Waals surface area contributed by atoms with Crippen LogP contribution in [0.2, 0.25) is 0 Å². The second kappa shape index (κ2) is 7.21. The molecule has 1 aliphatic rings. The maximum absolute atomic E-state index is 12.3. The van der Waals surface area contributed by atoms with Crippen molar-refractivity contribution in [1.82, 2.24) is 9.80 Å². The Balaban J connectivity index is 1.95. The average Bonchev–Trinajstić information content (AvgIpc) is 2.46. The first kappa shape index (κ1) is 17.6. The van der Waals surface area contributed by atoms with Gasteiger partial charge in [0.15, 0.2) is 0 Å². The summed E-state index contributed by atoms with van der Waals surface area (Å²) in [7, 11) is 3.80. The number of alkyl halides is 3. The number of benzene rings is 1. The van der Waals surface area contributed by atoms with Crippen molar-refractivity contribution in [1.29, 1.82) is 0 Å². The summed E-state index contributed by atoms with van der Waals surface area (Å²) in [6.07, 6.45) is -2.84. The van der Waals surface area contributed by atoms with Gasteiger partial charge in [0.25, 0.3) is 0 Å². The van der Waals surface area contributed by atoms with E-state index >= 15 is 0 Å². The van der Waals surface area contributed by atoms with Gasteiger partial charge in [0.2, 0.25) is 5.91 Å². The predicted octanol–water partition coefficient (Wildman–Crippen LogP) is 2.68. The van der Waals surface area contributed by atoms with E-state index in [1.807, 2.05) is 7.05 Å². The molecule has 0 spiro atoms. The highest BCUT2D eigenvalue weighted by Crippen LogP contribution is 2.24. The third-order valence-electron chi connectivity index (χ3n) is 4.12. The zero-order chi connectivity index (χ0) is 17.0. The number of carbonyl (C=O) groups is 1. The number of amides is 1. The van der Waals surface area contributed by atoms with Gasteiger partial charge in [0.05, 0.1) is 6.42 Å². The minimum Gasteiger partial charge on any atom is -0.406 e. The number of hydrogen-bond acceptors (Lipinski definition) is 3. The van der Waals surface area contributed by atoms with Crippen molar-refractivity contribution >= 4 is 5.91 Å². The van der Waals surface area contributed by atoms with Crippen LogP contribution in [0.1, 0.15) is 18.4 Å². The Hall–Kier alpha value is -1.76. The molecule has 1 saturated heterocycles. The van der Waals surface area contributed by atoms with Gasteiger partial charge in [-0.05, 0) is 50.7 Å². The fourth-order valence-corrected chi connectivity index (χ4v) is 2.74. The summed E-state index contributed by atoms with van der Waals surface area (Å²) in [5.74, 6) is -0.395. The normalized spacial score (nSPS) is 17.1. The van der Waals surface area contributed by atoms with Crippen LogP contribution < -0.4 is 4.74 Å². The maximum Gasteiger partial charge on any atom is 0.573 e. The monoisotopic (exact) mass is 330 g/mol. The van der Waals surface area contributed by atoms with E-state index in [0.717, 1.165) is 25.9 Å². The summed E-state index contributed by atoms with van der Waals surface area (Å²) in [4.78, 5) is 16.3. The van der Waals surface area contributed by atoms with Gasteiger partial charge in [0.1, 0.15) is 5.75 Å². The molecule has 1 amide bonds. The lowest BCUT2D eigenvalue weighted by molar-refractivity contribution is -0.274. The Morgan fingerprint density at radius 3 is 2.61 bits per heavy atom. The molecule has 0 unspecified atom stereocenters. The lowest BCUT2D eigenvalue weighted by Gasteiger charge is -2.35. The van der Waals surface area contributed by atoms with Crippen LogP contribution in [0.25, 0.3) is 0 Å². The topological polar surface area (TPSA) is 32.8 Å². The maximum atomic E-state index is 12.3. The van der Waals surface area contributed by atoms with Gasteiger partial charge < -0.3 is 14.5 Å². The van der Waals surface area contributed by atoms with Gasteiger partial charge in [-0.15, -0.1) is 13.2 Å². The number of nitrogens with zero attached hydrogens (tertiary/aromatic N) is 2. The largest absolute Gasteiger partial charge is 0.573 e. The second-order valence-electron chi connectivity index (χ2n) is 5.91. The van der Waals surface area contributed by atoms with Crippen LogP contribution in [0.3, 0.4) is 0 Å². The molecule has 0 radical (unpaired) electrons. The zero-order valence-corrected chi connectivity index (χ0v) is 13.3. The minimum absolute atomic E-state index is 0.0674. The lowest BCUT2D eigenvalue weighted by Crippen LogP contribution is -2.44. The van der Waals surface area contributed by atoms with Gasteiger partial charge in [0, 0.05) is 13.1 Å². The van der Waals surface area contributed by atoms with Crippen LogP contribution in [0, 0.1) is 0 Å². The molecule has 23 heavy (non-hydrogen) atoms. The highest BCUT2D eigenvalue weighted by atomic mass is 19.4. The quantitative estimate of drug-likeness (QED) is 0.851. The van der Waals surface area contributed by atoms with Crippen molar-refractivity contribution in [2.45, 2.75) is 31.7 Å². The molecule has 128 valence electrons. The van der Waals surface area contributed by atoms with Crippen LogP contribution in [0.4, 0.5) is 13.2 Å². The van der Waals surface area contributed by atoms with Crippen LogP contribution >= 0.6 is 0 Å². The number of piperidine rings is 1. The number of likely N-dealkylation sites (tertiary alicyclic amines) is 1. The lowest BCUT2D eigenvalue weighted by atomic mass is 10.0. The standard InChI is InChI=1S/C16H21F3N2O2/c1-20-8-6-13(7-9-20)21(2)15(22)11-12-4-3-5-14(10-12)23-16(17,18)19/h3-5,10,13H,6-9,11H2,1-2H3. The second-order valence-corrected chi connectivity index (χ2v) is 5.91. The fraction of sp³-hybridized carbons (Fsp3) is 0.562. The van der Waals surface area contributed by atoms with E-state index in [0.29, 0.717) is 5.56 Å². The predicted molar refractivity (Wildman–Crippen MR) is 80.1 cm³/mol. The van der Waals surface area contributed by atoms with Crippen LogP contribution in [-0.2, 0) is 11.2 Å². The van der Waals surface area contributed by atoms with Crippen molar-refractivity contribution in [2.24, 2.45) is 0 Å². The van der Waals surface area contributed by atoms with E-state index in [1.54, 1.807) is 18.0 Å². The number of ether oxygens (including phenoxy) is 1. The van der Waals surface area contributed by atoms with E-state index in [1.165, 1.54) is 18.2 Å². The summed E-state index contributed by atoms with van der Waals surface area (Å²) >= 11 is 0. The number of rotatable bonds is 4. The SMILES string of the molecule is CN1CCC(N(C)C(=O)Cc2cccc(OC(F)(F)F)c2)CC1. The van der Waals surface area contributed by atoms with Gasteiger partial charge in [-0.25, -0.2) is 0 Å². The Morgan fingerprint density at radius 1 is 1.35 bits per heavy atom. The molecule has 0 aliphatic carbocycles. The van der Waals surface area contributed by atoms with E-state index in [-0.39, 0.29) is 24.1 Å². The third-order valence-corrected chi connectivity index (χ3v) is 4.12. The zero-order valence-electron chi connectivity index (χ0n) is 13.3. The minimum atomic E-state index is -4.73. The van der Waals surface area contributed by atoms with Gasteiger partial charge in [-0.2, -0.15) is 0 Å². The van der Waals surface area contributed by atoms with E-state index in [2.05, 4.69) is 9.64 Å². The first-order chi connectivity index (χ1) is 10.7. The molecule has 2 rings (SSSR count). The van der Waals surface area contributed by atoms with Gasteiger partial charge in [-0.3, -0.25) is 4.79 Å². The van der Waals surface area contributed by atoms with Crippen molar-refractivity contribution < 1.29 is 22.7 Å². The molecule has 1 aliphatic heterocycles. The van der Waals surface area contributed by atoms with Crippen LogP contribution in [-0.4, -0.2) is 55.3 Å². The van der Waals surface area contributed by atoms with E-state index in [9.17, 15) is 18.0 Å². The third kappa shape index (κ3) is 5.42. The highest BCUT2D eigenvalue weighted by molar-refractivity contribution is 5.79. The fourth-order valence-electron chi connectivity index (χ4n) is 2.74. The highest BCUT2D eigenvalue weighted by Gasteiger charge is 2.31. The summed E-state index contributed by atoms with van der Waals surface area (Å²) in [5.41, 5.74) is 0.511. The van der Waals surface area contributed by atoms with Crippen molar-refractivity contribution in [3.63, 3.8) is 0 Å². The number of carbonyl (C=O) groups excluding carboxylic acids is 1. The number of halogens is 3. The number of likely N-dealkylation sites (N-methyl/N-ethyl adjacent to an activating group) is 1. The molecule has 1 fully saturated rings. The van der Waals surface area contributed by atoms with Crippen molar-refractivity contribution in [2.75, 3.05) is 27.2 Å². The smallest absolute Gasteiger partial charge is 0.406 e. The molecular formula is C16H21F3N2O2. The van der Waals surface area contributed by atoms with Gasteiger partial charge >= 0.3 is 6.36 Å². The van der Waals surface area contributed by atoms with Gasteiger partial charge in [-0.1, -0.05) is 12.1 Å². The molecule has 4 nitrogen and oxygen atoms in total. The molecule has 0 saturated carbocycles. The first-order valence-electron chi connectivity index (χ1n) is 7.53. The summed E-state index contributed by atoms with van der Waals surface area (Å²) in [6.45, 7) is 1.88. The molecule has 1 aromatic rings. The Morgan fingerprint density at radius 2 is 2.00 bits per heavy atom. The van der Waals surface area contributed by atoms with E-state index < -0.39 is 6.36 Å². The number of hydrogen-bond donors (Lipinski definition) is 0. The Bertz CT molecular complexity index is 540. The molecule has 0 aromatic heterocycles. The summed E-state index contributed by atoms with van der Waals surface area (Å²) < 4.78 is 40.6. The molecule has 7 heteroatoms. The molecule has 1 heterocycles. The first-order valence-corrected chi connectivity index (χ1v) is 7.53. The van der Waals surface area contributed by atoms with Crippen molar-refractivity contribution in [3.05, 3.63) is 29.8 Å². The molecule has 0 bridgehead atoms. The van der Waals surface area contributed by atoms with Crippen LogP contribution in [0.5, 0.6) is 5.75 Å².